The fourth-order valence-electron chi connectivity index (χ4n) is 5.85. The normalized spacial score (nSPS) is 33.4. The second-order valence-corrected chi connectivity index (χ2v) is 9.79. The van der Waals surface area contributed by atoms with Gasteiger partial charge in [0.2, 0.25) is 0 Å². The predicted molar refractivity (Wildman–Crippen MR) is 119 cm³/mol. The molecule has 3 saturated carbocycles. The zero-order chi connectivity index (χ0) is 20.2. The molecule has 0 unspecified atom stereocenters. The molecule has 2 aromatic rings. The highest BCUT2D eigenvalue weighted by atomic mass is 16.7. The summed E-state index contributed by atoms with van der Waals surface area (Å²) in [5, 5.41) is 0. The van der Waals surface area contributed by atoms with Gasteiger partial charge in [-0.15, -0.1) is 0 Å². The van der Waals surface area contributed by atoms with E-state index >= 15 is 0 Å². The maximum absolute atomic E-state index is 6.67. The maximum atomic E-state index is 6.67. The van der Waals surface area contributed by atoms with E-state index in [0.717, 1.165) is 23.4 Å². The largest absolute Gasteiger partial charge is 0.495 e. The van der Waals surface area contributed by atoms with E-state index in [1.807, 2.05) is 12.3 Å². The van der Waals surface area contributed by atoms with Crippen LogP contribution in [0.1, 0.15) is 57.7 Å². The van der Waals surface area contributed by atoms with E-state index in [9.17, 15) is 0 Å². The lowest BCUT2D eigenvalue weighted by Gasteiger charge is -2.64. The van der Waals surface area contributed by atoms with Gasteiger partial charge >= 0.3 is 7.12 Å². The Hall–Kier alpha value is -1.91. The van der Waals surface area contributed by atoms with Crippen LogP contribution >= 0.6 is 0 Å². The summed E-state index contributed by atoms with van der Waals surface area (Å²) in [6, 6.07) is 18.9. The molecule has 1 saturated heterocycles. The van der Waals surface area contributed by atoms with Crippen LogP contribution in [0.2, 0.25) is 0 Å². The Balaban J connectivity index is 1.39. The fraction of sp³-hybridized carbons (Fsp3) is 0.480. The van der Waals surface area contributed by atoms with Crippen molar-refractivity contribution in [1.82, 2.24) is 0 Å². The van der Waals surface area contributed by atoms with E-state index in [0.29, 0.717) is 11.3 Å². The van der Waals surface area contributed by atoms with Crippen molar-refractivity contribution in [2.75, 3.05) is 0 Å². The van der Waals surface area contributed by atoms with E-state index in [1.165, 1.54) is 12.0 Å². The van der Waals surface area contributed by atoms with Crippen molar-refractivity contribution < 1.29 is 9.31 Å². The van der Waals surface area contributed by atoms with Gasteiger partial charge in [-0.25, -0.2) is 0 Å². The lowest BCUT2D eigenvalue weighted by Crippen LogP contribution is -2.65. The summed E-state index contributed by atoms with van der Waals surface area (Å²) in [7, 11) is -0.310. The molecule has 1 aliphatic heterocycles. The molecule has 5 atom stereocenters. The van der Waals surface area contributed by atoms with Gasteiger partial charge in [0.15, 0.2) is 0 Å². The van der Waals surface area contributed by atoms with E-state index in [2.05, 4.69) is 76.2 Å². The second-order valence-electron chi connectivity index (χ2n) is 9.79. The molecule has 29 heavy (non-hydrogen) atoms. The van der Waals surface area contributed by atoms with Crippen molar-refractivity contribution >= 4 is 18.8 Å². The molecule has 4 heteroatoms. The van der Waals surface area contributed by atoms with Crippen LogP contribution in [-0.2, 0) is 9.31 Å². The highest BCUT2D eigenvalue weighted by Crippen LogP contribution is 2.65. The van der Waals surface area contributed by atoms with Crippen molar-refractivity contribution in [1.29, 1.82) is 0 Å². The molecule has 0 N–H and O–H groups in total. The van der Waals surface area contributed by atoms with Crippen molar-refractivity contribution in [3.05, 3.63) is 65.7 Å². The zero-order valence-electron chi connectivity index (χ0n) is 17.8. The molecule has 4 fully saturated rings. The number of aliphatic imine (C=N–C) groups is 1. The summed E-state index contributed by atoms with van der Waals surface area (Å²) in [5.74, 6) is 1.33. The van der Waals surface area contributed by atoms with Gasteiger partial charge in [0.05, 0.1) is 17.7 Å². The maximum Gasteiger partial charge on any atom is 0.495 e. The van der Waals surface area contributed by atoms with Crippen LogP contribution in [0.3, 0.4) is 0 Å². The quantitative estimate of drug-likeness (QED) is 0.557. The van der Waals surface area contributed by atoms with Crippen LogP contribution < -0.4 is 5.46 Å². The van der Waals surface area contributed by atoms with E-state index in [1.54, 1.807) is 0 Å². The molecule has 3 aliphatic carbocycles. The standard InChI is InChI=1S/C25H30BNO2/c1-17(18-10-6-5-7-11-18)27-16-19-12-8-9-13-21(19)26-28-23-15-20-14-22(24(20,2)3)25(23,4)29-26/h5-13,16-17,20,22-23H,14-15H2,1-4H3/t17-,20+,22+,23-,25-/m0/s1. The van der Waals surface area contributed by atoms with Crippen LogP contribution in [0, 0.1) is 17.3 Å². The molecule has 6 rings (SSSR count). The zero-order valence-corrected chi connectivity index (χ0v) is 17.8. The first-order valence-electron chi connectivity index (χ1n) is 10.9. The Labute approximate surface area is 174 Å². The van der Waals surface area contributed by atoms with Gasteiger partial charge in [0.25, 0.3) is 0 Å². The van der Waals surface area contributed by atoms with Gasteiger partial charge < -0.3 is 9.31 Å². The number of hydrogen-bond donors (Lipinski definition) is 0. The predicted octanol–water partition coefficient (Wildman–Crippen LogP) is 4.80. The number of nitrogens with zero attached hydrogens (tertiary/aromatic N) is 1. The third-order valence-corrected chi connectivity index (χ3v) is 7.92. The summed E-state index contributed by atoms with van der Waals surface area (Å²) in [6.07, 6.45) is 4.55. The lowest BCUT2D eigenvalue weighted by atomic mass is 9.43. The van der Waals surface area contributed by atoms with Gasteiger partial charge in [-0.2, -0.15) is 0 Å². The highest BCUT2D eigenvalue weighted by molar-refractivity contribution is 6.63. The van der Waals surface area contributed by atoms with Gasteiger partial charge in [0, 0.05) is 6.21 Å². The summed E-state index contributed by atoms with van der Waals surface area (Å²) in [4.78, 5) is 4.81. The molecule has 0 radical (unpaired) electrons. The van der Waals surface area contributed by atoms with E-state index < -0.39 is 0 Å². The highest BCUT2D eigenvalue weighted by Gasteiger charge is 2.68. The Morgan fingerprint density at radius 1 is 1.03 bits per heavy atom. The van der Waals surface area contributed by atoms with Gasteiger partial charge in [-0.1, -0.05) is 68.4 Å². The molecule has 0 aromatic heterocycles. The minimum atomic E-state index is -0.310. The summed E-state index contributed by atoms with van der Waals surface area (Å²) in [5.41, 5.74) is 3.55. The molecule has 2 aromatic carbocycles. The summed E-state index contributed by atoms with van der Waals surface area (Å²) in [6.45, 7) is 9.20. The number of hydrogen-bond acceptors (Lipinski definition) is 3. The Morgan fingerprint density at radius 3 is 2.52 bits per heavy atom. The third-order valence-electron chi connectivity index (χ3n) is 7.92. The van der Waals surface area contributed by atoms with Gasteiger partial charge in [0.1, 0.15) is 0 Å². The van der Waals surface area contributed by atoms with Crippen LogP contribution in [0.25, 0.3) is 0 Å². The molecule has 3 nitrogen and oxygen atoms in total. The molecule has 1 heterocycles. The molecule has 150 valence electrons. The van der Waals surface area contributed by atoms with E-state index in [4.69, 9.17) is 14.3 Å². The van der Waals surface area contributed by atoms with E-state index in [-0.39, 0.29) is 24.9 Å². The summed E-state index contributed by atoms with van der Waals surface area (Å²) >= 11 is 0. The third kappa shape index (κ3) is 3.00. The Kier molecular flexibility index (Phi) is 4.49. The van der Waals surface area contributed by atoms with Crippen LogP contribution in [0.15, 0.2) is 59.6 Å². The molecule has 2 bridgehead atoms. The first kappa shape index (κ1) is 19.1. The first-order chi connectivity index (χ1) is 13.9. The second kappa shape index (κ2) is 6.82. The number of benzene rings is 2. The van der Waals surface area contributed by atoms with Crippen molar-refractivity contribution in [2.24, 2.45) is 22.2 Å². The number of rotatable bonds is 4. The molecule has 0 spiro atoms. The average molecular weight is 387 g/mol. The van der Waals surface area contributed by atoms with Crippen molar-refractivity contribution in [3.63, 3.8) is 0 Å². The van der Waals surface area contributed by atoms with Gasteiger partial charge in [-0.3, -0.25) is 4.99 Å². The monoisotopic (exact) mass is 387 g/mol. The Bertz CT molecular complexity index is 927. The lowest BCUT2D eigenvalue weighted by molar-refractivity contribution is -0.199. The fourth-order valence-corrected chi connectivity index (χ4v) is 5.85. The molecule has 0 amide bonds. The average Bonchev–Trinajstić information content (AvgIpc) is 3.09. The molecule has 4 aliphatic rings. The molecular weight excluding hydrogens is 357 g/mol. The van der Waals surface area contributed by atoms with Crippen LogP contribution in [0.5, 0.6) is 0 Å². The van der Waals surface area contributed by atoms with Crippen LogP contribution in [-0.4, -0.2) is 25.0 Å². The minimum absolute atomic E-state index is 0.114. The minimum Gasteiger partial charge on any atom is -0.401 e. The van der Waals surface area contributed by atoms with Gasteiger partial charge in [-0.05, 0) is 60.5 Å². The Morgan fingerprint density at radius 2 is 1.76 bits per heavy atom. The van der Waals surface area contributed by atoms with Crippen molar-refractivity contribution in [2.45, 2.75) is 58.3 Å². The first-order valence-corrected chi connectivity index (χ1v) is 10.9. The summed E-state index contributed by atoms with van der Waals surface area (Å²) < 4.78 is 13.2. The SMILES string of the molecule is C[C@H](N=Cc1ccccc1B1O[C@H]2C[C@H]3C[C@H](C3(C)C)[C@]2(C)O1)c1ccccc1. The topological polar surface area (TPSA) is 30.8 Å². The van der Waals surface area contributed by atoms with Crippen molar-refractivity contribution in [3.8, 4) is 0 Å². The molecular formula is C25H30BNO2. The van der Waals surface area contributed by atoms with Crippen LogP contribution in [0.4, 0.5) is 0 Å². The smallest absolute Gasteiger partial charge is 0.401 e.